The Hall–Kier alpha value is -1.10. The lowest BCUT2D eigenvalue weighted by Crippen LogP contribution is -2.27. The first kappa shape index (κ1) is 25.9. The van der Waals surface area contributed by atoms with E-state index in [1.165, 1.54) is 58.5 Å². The third kappa shape index (κ3) is 18.0. The number of esters is 2. The van der Waals surface area contributed by atoms with Gasteiger partial charge in [-0.2, -0.15) is 0 Å². The van der Waals surface area contributed by atoms with Gasteiger partial charge >= 0.3 is 11.9 Å². The lowest BCUT2D eigenvalue weighted by Gasteiger charge is -2.15. The van der Waals surface area contributed by atoms with E-state index in [-0.39, 0.29) is 25.2 Å². The van der Waals surface area contributed by atoms with Gasteiger partial charge in [0.2, 0.25) is 0 Å². The molecule has 0 saturated carbocycles. The van der Waals surface area contributed by atoms with Crippen LogP contribution in [0.1, 0.15) is 104 Å². The van der Waals surface area contributed by atoms with E-state index in [4.69, 9.17) is 14.2 Å². The van der Waals surface area contributed by atoms with Crippen molar-refractivity contribution in [3.05, 3.63) is 0 Å². The molecule has 0 rings (SSSR count). The Balaban J connectivity index is 3.66. The zero-order valence-corrected chi connectivity index (χ0v) is 17.9. The van der Waals surface area contributed by atoms with Gasteiger partial charge in [0, 0.05) is 20.0 Å². The van der Waals surface area contributed by atoms with Crippen molar-refractivity contribution < 1.29 is 23.8 Å². The van der Waals surface area contributed by atoms with Crippen molar-refractivity contribution >= 4 is 11.9 Å². The van der Waals surface area contributed by atoms with Gasteiger partial charge in [-0.3, -0.25) is 9.59 Å². The van der Waals surface area contributed by atoms with Crippen molar-refractivity contribution in [3.63, 3.8) is 0 Å². The predicted octanol–water partition coefficient (Wildman–Crippen LogP) is 5.59. The second kappa shape index (κ2) is 19.7. The molecule has 0 saturated heterocycles. The highest BCUT2D eigenvalue weighted by Gasteiger charge is 2.14. The molecule has 0 unspecified atom stereocenters. The Morgan fingerprint density at radius 2 is 1.00 bits per heavy atom. The number of carbonyl (C=O) groups excluding carboxylic acids is 2. The van der Waals surface area contributed by atoms with Crippen LogP contribution >= 0.6 is 0 Å². The van der Waals surface area contributed by atoms with Crippen molar-refractivity contribution in [1.29, 1.82) is 0 Å². The summed E-state index contributed by atoms with van der Waals surface area (Å²) in [7, 11) is 1.54. The summed E-state index contributed by atoms with van der Waals surface area (Å²) >= 11 is 0. The molecule has 5 heteroatoms. The number of ether oxygens (including phenoxy) is 3. The van der Waals surface area contributed by atoms with Gasteiger partial charge in [-0.15, -0.1) is 0 Å². The minimum absolute atomic E-state index is 0.134. The number of rotatable bonds is 19. The van der Waals surface area contributed by atoms with Crippen LogP contribution in [0.15, 0.2) is 0 Å². The van der Waals surface area contributed by atoms with E-state index in [2.05, 4.69) is 13.8 Å². The molecule has 0 N–H and O–H groups in total. The summed E-state index contributed by atoms with van der Waals surface area (Å²) < 4.78 is 15.7. The number of hydrogen-bond donors (Lipinski definition) is 0. The molecule has 0 aliphatic carbocycles. The van der Waals surface area contributed by atoms with E-state index in [0.717, 1.165) is 25.7 Å². The van der Waals surface area contributed by atoms with Crippen LogP contribution in [0, 0.1) is 0 Å². The fraction of sp³-hybridized carbons (Fsp3) is 0.909. The fourth-order valence-corrected chi connectivity index (χ4v) is 2.80. The predicted molar refractivity (Wildman–Crippen MR) is 109 cm³/mol. The normalized spacial score (nSPS) is 11.0. The maximum Gasteiger partial charge on any atom is 0.305 e. The molecule has 0 atom stereocenters. The molecule has 5 nitrogen and oxygen atoms in total. The molecule has 0 radical (unpaired) electrons. The van der Waals surface area contributed by atoms with Crippen molar-refractivity contribution in [1.82, 2.24) is 0 Å². The molecule has 27 heavy (non-hydrogen) atoms. The summed E-state index contributed by atoms with van der Waals surface area (Å²) in [5.74, 6) is -0.406. The molecular weight excluding hydrogens is 344 g/mol. The summed E-state index contributed by atoms with van der Waals surface area (Å²) in [6, 6.07) is 0. The summed E-state index contributed by atoms with van der Waals surface area (Å²) in [5.41, 5.74) is 0. The largest absolute Gasteiger partial charge is 0.463 e. The average molecular weight is 387 g/mol. The van der Waals surface area contributed by atoms with Gasteiger partial charge in [0.25, 0.3) is 0 Å². The molecule has 0 spiro atoms. The van der Waals surface area contributed by atoms with Crippen LogP contribution in [0.4, 0.5) is 0 Å². The van der Waals surface area contributed by atoms with E-state index < -0.39 is 6.10 Å². The maximum atomic E-state index is 11.8. The Labute approximate surface area is 166 Å². The lowest BCUT2D eigenvalue weighted by molar-refractivity contribution is -0.153. The van der Waals surface area contributed by atoms with E-state index in [0.29, 0.717) is 12.8 Å². The second-order valence-electron chi connectivity index (χ2n) is 7.26. The summed E-state index contributed by atoms with van der Waals surface area (Å²) in [4.78, 5) is 23.5. The third-order valence-corrected chi connectivity index (χ3v) is 4.66. The van der Waals surface area contributed by atoms with Crippen LogP contribution in [-0.2, 0) is 23.8 Å². The molecule has 0 fully saturated rings. The molecule has 0 amide bonds. The van der Waals surface area contributed by atoms with Gasteiger partial charge in [0.1, 0.15) is 19.3 Å². The number of hydrogen-bond acceptors (Lipinski definition) is 5. The van der Waals surface area contributed by atoms with E-state index >= 15 is 0 Å². The molecule has 0 bridgehead atoms. The van der Waals surface area contributed by atoms with E-state index in [1.54, 1.807) is 0 Å². The minimum Gasteiger partial charge on any atom is -0.463 e. The van der Waals surface area contributed by atoms with Crippen LogP contribution in [-0.4, -0.2) is 38.4 Å². The molecular formula is C22H42O5. The van der Waals surface area contributed by atoms with E-state index in [9.17, 15) is 9.59 Å². The zero-order chi connectivity index (χ0) is 20.2. The minimum atomic E-state index is -0.396. The number of carbonyl (C=O) groups is 2. The smallest absolute Gasteiger partial charge is 0.305 e. The molecule has 0 aliphatic heterocycles. The van der Waals surface area contributed by atoms with Gasteiger partial charge in [-0.25, -0.2) is 0 Å². The zero-order valence-electron chi connectivity index (χ0n) is 17.9. The maximum absolute atomic E-state index is 11.8. The molecule has 0 aromatic heterocycles. The molecule has 0 aromatic rings. The summed E-state index contributed by atoms with van der Waals surface area (Å²) in [6.07, 6.45) is 14.2. The SMILES string of the molecule is CCCCCCCCC(=O)OCC(COC(=O)CCCCCCCC)OC. The summed E-state index contributed by atoms with van der Waals surface area (Å²) in [5, 5.41) is 0. The van der Waals surface area contributed by atoms with Crippen LogP contribution in [0.5, 0.6) is 0 Å². The highest BCUT2D eigenvalue weighted by molar-refractivity contribution is 5.69. The average Bonchev–Trinajstić information content (AvgIpc) is 2.67. The number of methoxy groups -OCH3 is 1. The first-order valence-electron chi connectivity index (χ1n) is 11.0. The Morgan fingerprint density at radius 3 is 1.37 bits per heavy atom. The van der Waals surface area contributed by atoms with Gasteiger partial charge < -0.3 is 14.2 Å². The lowest BCUT2D eigenvalue weighted by atomic mass is 10.1. The van der Waals surface area contributed by atoms with Gasteiger partial charge in [-0.05, 0) is 12.8 Å². The van der Waals surface area contributed by atoms with Crippen LogP contribution in [0.2, 0.25) is 0 Å². The third-order valence-electron chi connectivity index (χ3n) is 4.66. The van der Waals surface area contributed by atoms with Crippen LogP contribution in [0.25, 0.3) is 0 Å². The molecule has 0 aliphatic rings. The number of unbranched alkanes of at least 4 members (excludes halogenated alkanes) is 10. The van der Waals surface area contributed by atoms with Gasteiger partial charge in [0.15, 0.2) is 0 Å². The monoisotopic (exact) mass is 386 g/mol. The Bertz CT molecular complexity index is 325. The van der Waals surface area contributed by atoms with Gasteiger partial charge in [0.05, 0.1) is 0 Å². The molecule has 0 aromatic carbocycles. The first-order chi connectivity index (χ1) is 13.1. The van der Waals surface area contributed by atoms with E-state index in [1.807, 2.05) is 0 Å². The molecule has 0 heterocycles. The van der Waals surface area contributed by atoms with Crippen molar-refractivity contribution in [2.45, 2.75) is 110 Å². The topological polar surface area (TPSA) is 61.8 Å². The summed E-state index contributed by atoms with van der Waals surface area (Å²) in [6.45, 7) is 4.65. The van der Waals surface area contributed by atoms with Crippen LogP contribution < -0.4 is 0 Å². The van der Waals surface area contributed by atoms with Crippen molar-refractivity contribution in [2.75, 3.05) is 20.3 Å². The quantitative estimate of drug-likeness (QED) is 0.214. The van der Waals surface area contributed by atoms with Gasteiger partial charge in [-0.1, -0.05) is 78.1 Å². The fourth-order valence-electron chi connectivity index (χ4n) is 2.80. The highest BCUT2D eigenvalue weighted by atomic mass is 16.6. The van der Waals surface area contributed by atoms with Crippen LogP contribution in [0.3, 0.4) is 0 Å². The standard InChI is InChI=1S/C22H42O5/c1-4-6-8-10-12-14-16-21(23)26-18-20(25-3)19-27-22(24)17-15-13-11-9-7-5-2/h20H,4-19H2,1-3H3. The Kier molecular flexibility index (Phi) is 18.9. The highest BCUT2D eigenvalue weighted by Crippen LogP contribution is 2.09. The van der Waals surface area contributed by atoms with Crippen molar-refractivity contribution in [3.8, 4) is 0 Å². The van der Waals surface area contributed by atoms with Crippen molar-refractivity contribution in [2.24, 2.45) is 0 Å². The Morgan fingerprint density at radius 1 is 0.630 bits per heavy atom. The molecule has 160 valence electrons. The first-order valence-corrected chi connectivity index (χ1v) is 11.0. The second-order valence-corrected chi connectivity index (χ2v) is 7.26.